The van der Waals surface area contributed by atoms with Crippen LogP contribution in [0.4, 0.5) is 0 Å². The lowest BCUT2D eigenvalue weighted by atomic mass is 10.1. The zero-order valence-corrected chi connectivity index (χ0v) is 9.89. The summed E-state index contributed by atoms with van der Waals surface area (Å²) in [6, 6.07) is 9.39. The van der Waals surface area contributed by atoms with E-state index in [4.69, 9.17) is 0 Å². The van der Waals surface area contributed by atoms with E-state index < -0.39 is 0 Å². The molecule has 1 heterocycles. The lowest BCUT2D eigenvalue weighted by molar-refractivity contribution is 0.542. The topological polar surface area (TPSA) is 12.0 Å². The van der Waals surface area contributed by atoms with Gasteiger partial charge in [0.05, 0.1) is 0 Å². The van der Waals surface area contributed by atoms with Crippen molar-refractivity contribution in [2.45, 2.75) is 24.3 Å². The van der Waals surface area contributed by atoms with Gasteiger partial charge in [0.1, 0.15) is 0 Å². The maximum atomic E-state index is 3.71. The first-order chi connectivity index (χ1) is 7.34. The van der Waals surface area contributed by atoms with E-state index >= 15 is 0 Å². The first-order valence-electron chi connectivity index (χ1n) is 5.79. The molecule has 2 heteroatoms. The highest BCUT2D eigenvalue weighted by Gasteiger charge is 2.33. The molecule has 1 aromatic rings. The highest BCUT2D eigenvalue weighted by molar-refractivity contribution is 7.99. The molecule has 3 atom stereocenters. The lowest BCUT2D eigenvalue weighted by Gasteiger charge is -2.12. The van der Waals surface area contributed by atoms with Crippen LogP contribution in [-0.4, -0.2) is 12.3 Å². The molecule has 1 saturated carbocycles. The molecule has 1 aliphatic carbocycles. The molecule has 1 aliphatic heterocycles. The third-order valence-electron chi connectivity index (χ3n) is 3.60. The molecule has 0 spiro atoms. The smallest absolute Gasteiger partial charge is 0.0426 e. The number of nitrogens with one attached hydrogen (secondary N) is 1. The molecule has 3 rings (SSSR count). The first kappa shape index (κ1) is 9.73. The van der Waals surface area contributed by atoms with Crippen LogP contribution in [0.2, 0.25) is 0 Å². The Bertz CT molecular complexity index is 363. The van der Waals surface area contributed by atoms with Crippen LogP contribution in [0.25, 0.3) is 0 Å². The standard InChI is InChI=1S/C13H17NS/c1-9-6-10(9)7-14-12-8-15-13-5-3-2-4-11(12)13/h2-5,9-10,12,14H,6-8H2,1H3. The van der Waals surface area contributed by atoms with Gasteiger partial charge >= 0.3 is 0 Å². The van der Waals surface area contributed by atoms with Crippen molar-refractivity contribution in [1.82, 2.24) is 5.32 Å². The van der Waals surface area contributed by atoms with Crippen LogP contribution in [-0.2, 0) is 0 Å². The van der Waals surface area contributed by atoms with Crippen LogP contribution < -0.4 is 5.32 Å². The zero-order chi connectivity index (χ0) is 10.3. The highest BCUT2D eigenvalue weighted by Crippen LogP contribution is 2.40. The minimum Gasteiger partial charge on any atom is -0.309 e. The average molecular weight is 219 g/mol. The molecule has 0 radical (unpaired) electrons. The summed E-state index contributed by atoms with van der Waals surface area (Å²) in [6.45, 7) is 3.56. The summed E-state index contributed by atoms with van der Waals surface area (Å²) >= 11 is 1.99. The molecule has 0 saturated heterocycles. The third kappa shape index (κ3) is 1.93. The van der Waals surface area contributed by atoms with Crippen LogP contribution in [0.1, 0.15) is 24.9 Å². The summed E-state index contributed by atoms with van der Waals surface area (Å²) in [7, 11) is 0. The van der Waals surface area contributed by atoms with Crippen molar-refractivity contribution in [2.75, 3.05) is 12.3 Å². The predicted molar refractivity (Wildman–Crippen MR) is 65.2 cm³/mol. The van der Waals surface area contributed by atoms with Crippen molar-refractivity contribution in [3.05, 3.63) is 29.8 Å². The van der Waals surface area contributed by atoms with Gasteiger partial charge in [-0.1, -0.05) is 25.1 Å². The maximum Gasteiger partial charge on any atom is 0.0426 e. The van der Waals surface area contributed by atoms with E-state index in [1.54, 1.807) is 0 Å². The number of fused-ring (bicyclic) bond motifs is 1. The zero-order valence-electron chi connectivity index (χ0n) is 9.07. The molecule has 0 bridgehead atoms. The van der Waals surface area contributed by atoms with Gasteiger partial charge in [0, 0.05) is 16.7 Å². The van der Waals surface area contributed by atoms with Crippen LogP contribution in [0.15, 0.2) is 29.2 Å². The molecule has 15 heavy (non-hydrogen) atoms. The molecule has 0 amide bonds. The van der Waals surface area contributed by atoms with E-state index in [2.05, 4.69) is 36.5 Å². The third-order valence-corrected chi connectivity index (χ3v) is 4.79. The minimum atomic E-state index is 0.596. The van der Waals surface area contributed by atoms with Crippen molar-refractivity contribution in [1.29, 1.82) is 0 Å². The van der Waals surface area contributed by atoms with Crippen molar-refractivity contribution in [3.8, 4) is 0 Å². The van der Waals surface area contributed by atoms with E-state index in [-0.39, 0.29) is 0 Å². The fourth-order valence-corrected chi connectivity index (χ4v) is 3.50. The predicted octanol–water partition coefficient (Wildman–Crippen LogP) is 3.08. The largest absolute Gasteiger partial charge is 0.309 e. The van der Waals surface area contributed by atoms with Crippen molar-refractivity contribution < 1.29 is 0 Å². The molecular formula is C13H17NS. The normalized spacial score (nSPS) is 32.7. The van der Waals surface area contributed by atoms with Gasteiger partial charge in [-0.05, 0) is 36.4 Å². The molecule has 2 aliphatic rings. The van der Waals surface area contributed by atoms with Crippen LogP contribution in [0, 0.1) is 11.8 Å². The van der Waals surface area contributed by atoms with E-state index in [9.17, 15) is 0 Å². The Morgan fingerprint density at radius 1 is 1.40 bits per heavy atom. The molecule has 1 aromatic carbocycles. The fraction of sp³-hybridized carbons (Fsp3) is 0.538. The maximum absolute atomic E-state index is 3.71. The summed E-state index contributed by atoms with van der Waals surface area (Å²) in [5, 5.41) is 3.71. The summed E-state index contributed by atoms with van der Waals surface area (Å²) in [4.78, 5) is 1.47. The van der Waals surface area contributed by atoms with Gasteiger partial charge < -0.3 is 5.32 Å². The van der Waals surface area contributed by atoms with Gasteiger partial charge in [-0.2, -0.15) is 0 Å². The lowest BCUT2D eigenvalue weighted by Crippen LogP contribution is -2.23. The van der Waals surface area contributed by atoms with Crippen LogP contribution in [0.3, 0.4) is 0 Å². The second-order valence-electron chi connectivity index (χ2n) is 4.78. The number of thioether (sulfide) groups is 1. The fourth-order valence-electron chi connectivity index (χ4n) is 2.31. The second kappa shape index (κ2) is 3.84. The number of rotatable bonds is 3. The summed E-state index contributed by atoms with van der Waals surface area (Å²) in [5.41, 5.74) is 1.51. The van der Waals surface area contributed by atoms with Crippen molar-refractivity contribution in [3.63, 3.8) is 0 Å². The number of hydrogen-bond acceptors (Lipinski definition) is 2. The van der Waals surface area contributed by atoms with E-state index in [1.807, 2.05) is 11.8 Å². The molecule has 80 valence electrons. The molecular weight excluding hydrogens is 202 g/mol. The summed E-state index contributed by atoms with van der Waals surface area (Å²) in [6.07, 6.45) is 1.43. The van der Waals surface area contributed by atoms with E-state index in [1.165, 1.54) is 29.2 Å². The molecule has 3 unspecified atom stereocenters. The van der Waals surface area contributed by atoms with Crippen molar-refractivity contribution in [2.24, 2.45) is 11.8 Å². The quantitative estimate of drug-likeness (QED) is 0.838. The monoisotopic (exact) mass is 219 g/mol. The second-order valence-corrected chi connectivity index (χ2v) is 5.84. The Morgan fingerprint density at radius 3 is 3.00 bits per heavy atom. The van der Waals surface area contributed by atoms with Gasteiger partial charge in [-0.15, -0.1) is 11.8 Å². The van der Waals surface area contributed by atoms with Gasteiger partial charge in [-0.25, -0.2) is 0 Å². The van der Waals surface area contributed by atoms with Crippen LogP contribution >= 0.6 is 11.8 Å². The highest BCUT2D eigenvalue weighted by atomic mass is 32.2. The average Bonchev–Trinajstić information content (AvgIpc) is 2.81. The summed E-state index contributed by atoms with van der Waals surface area (Å²) in [5.74, 6) is 3.12. The molecule has 0 aromatic heterocycles. The Kier molecular flexibility index (Phi) is 2.49. The molecule has 1 fully saturated rings. The first-order valence-corrected chi connectivity index (χ1v) is 6.78. The Hall–Kier alpha value is -0.470. The SMILES string of the molecule is CC1CC1CNC1CSc2ccccc21. The van der Waals surface area contributed by atoms with E-state index in [0.29, 0.717) is 6.04 Å². The van der Waals surface area contributed by atoms with Gasteiger partial charge in [0.25, 0.3) is 0 Å². The number of hydrogen-bond donors (Lipinski definition) is 1. The van der Waals surface area contributed by atoms with Gasteiger partial charge in [0.15, 0.2) is 0 Å². The van der Waals surface area contributed by atoms with Gasteiger partial charge in [0.2, 0.25) is 0 Å². The Labute approximate surface area is 95.6 Å². The molecule has 1 N–H and O–H groups in total. The summed E-state index contributed by atoms with van der Waals surface area (Å²) < 4.78 is 0. The molecule has 1 nitrogen and oxygen atoms in total. The van der Waals surface area contributed by atoms with Crippen LogP contribution in [0.5, 0.6) is 0 Å². The van der Waals surface area contributed by atoms with Crippen molar-refractivity contribution >= 4 is 11.8 Å². The minimum absolute atomic E-state index is 0.596. The Balaban J connectivity index is 1.64. The van der Waals surface area contributed by atoms with Gasteiger partial charge in [-0.3, -0.25) is 0 Å². The number of benzene rings is 1. The van der Waals surface area contributed by atoms with E-state index in [0.717, 1.165) is 11.8 Å². The Morgan fingerprint density at radius 2 is 2.20 bits per heavy atom.